The monoisotopic (exact) mass is 545 g/mol. The summed E-state index contributed by atoms with van der Waals surface area (Å²) in [6.07, 6.45) is -0.0435. The summed E-state index contributed by atoms with van der Waals surface area (Å²) in [5, 5.41) is 0.100. The Bertz CT molecular complexity index is 1010. The fourth-order valence-electron chi connectivity index (χ4n) is 4.19. The molecule has 194 valence electrons. The molecule has 11 heteroatoms. The van der Waals surface area contributed by atoms with Crippen LogP contribution in [0.4, 0.5) is 0 Å². The van der Waals surface area contributed by atoms with Gasteiger partial charge in [-0.1, -0.05) is 60.1 Å². The third-order valence-electron chi connectivity index (χ3n) is 5.57. The molecule has 0 saturated carbocycles. The number of rotatable bonds is 13. The summed E-state index contributed by atoms with van der Waals surface area (Å²) in [5.74, 6) is 0. The molecule has 1 unspecified atom stereocenters. The smallest absolute Gasteiger partial charge is 0.306 e. The summed E-state index contributed by atoms with van der Waals surface area (Å²) in [7, 11) is -8.43. The first-order valence-corrected chi connectivity index (χ1v) is 15.3. The van der Waals surface area contributed by atoms with E-state index in [9.17, 15) is 9.13 Å². The van der Waals surface area contributed by atoms with Crippen molar-refractivity contribution in [1.29, 1.82) is 0 Å². The molecule has 0 radical (unpaired) electrons. The number of nitrogens with zero attached hydrogens (tertiary/aromatic N) is 1. The van der Waals surface area contributed by atoms with Crippen molar-refractivity contribution in [1.82, 2.24) is 5.06 Å². The summed E-state index contributed by atoms with van der Waals surface area (Å²) in [6, 6.07) is 16.4. The molecule has 3 rings (SSSR count). The zero-order chi connectivity index (χ0) is 25.5. The highest BCUT2D eigenvalue weighted by Gasteiger charge is 2.72. The molecule has 8 nitrogen and oxygen atoms in total. The van der Waals surface area contributed by atoms with Crippen LogP contribution in [-0.4, -0.2) is 36.6 Å². The molecular weight excluding hydrogens is 512 g/mol. The number of halogens is 1. The van der Waals surface area contributed by atoms with Crippen LogP contribution in [0.5, 0.6) is 0 Å². The minimum Gasteiger partial charge on any atom is -0.306 e. The SMILES string of the molecule is CCOP(=O)(OCC)C1(P(=O)(OCC)OCC)CC(c2ccccc2Cl)N(Cc2ccccc2)O1. The highest BCUT2D eigenvalue weighted by Crippen LogP contribution is 2.82. The maximum absolute atomic E-state index is 14.4. The van der Waals surface area contributed by atoms with Gasteiger partial charge >= 0.3 is 15.2 Å². The van der Waals surface area contributed by atoms with E-state index in [1.54, 1.807) is 38.8 Å². The predicted octanol–water partition coefficient (Wildman–Crippen LogP) is 7.40. The molecule has 0 N–H and O–H groups in total. The minimum absolute atomic E-state index is 0.0435. The first-order valence-electron chi connectivity index (χ1n) is 11.8. The standard InChI is InChI=1S/C24H34ClNO7P2/c1-5-29-34(27,30-6-2)24(35(28,31-7-3)32-8-4)18-23(21-16-12-13-17-22(21)25)26(33-24)19-20-14-10-9-11-15-20/h9-17,23H,5-8,18-19H2,1-4H3. The third kappa shape index (κ3) is 5.77. The van der Waals surface area contributed by atoms with Crippen LogP contribution in [-0.2, 0) is 38.6 Å². The fraction of sp³-hybridized carbons (Fsp3) is 0.500. The quantitative estimate of drug-likeness (QED) is 0.241. The van der Waals surface area contributed by atoms with E-state index in [0.29, 0.717) is 11.6 Å². The molecule has 1 saturated heterocycles. The van der Waals surface area contributed by atoms with Gasteiger partial charge < -0.3 is 18.1 Å². The van der Waals surface area contributed by atoms with Gasteiger partial charge in [-0.3, -0.25) is 14.0 Å². The van der Waals surface area contributed by atoms with Crippen molar-refractivity contribution >= 4 is 26.8 Å². The van der Waals surface area contributed by atoms with E-state index in [1.165, 1.54) is 0 Å². The van der Waals surface area contributed by atoms with E-state index in [0.717, 1.165) is 11.1 Å². The number of hydrogen-bond acceptors (Lipinski definition) is 8. The van der Waals surface area contributed by atoms with Crippen LogP contribution in [0.15, 0.2) is 54.6 Å². The van der Waals surface area contributed by atoms with Gasteiger partial charge in [-0.2, -0.15) is 5.06 Å². The summed E-state index contributed by atoms with van der Waals surface area (Å²) in [4.78, 5) is 6.46. The lowest BCUT2D eigenvalue weighted by atomic mass is 10.0. The lowest BCUT2D eigenvalue weighted by Crippen LogP contribution is -2.34. The van der Waals surface area contributed by atoms with Crippen LogP contribution in [0.25, 0.3) is 0 Å². The molecule has 35 heavy (non-hydrogen) atoms. The second-order valence-electron chi connectivity index (χ2n) is 7.80. The van der Waals surface area contributed by atoms with Gasteiger partial charge in [0.1, 0.15) is 0 Å². The molecule has 1 heterocycles. The van der Waals surface area contributed by atoms with Crippen molar-refractivity contribution in [2.24, 2.45) is 0 Å². The van der Waals surface area contributed by atoms with Gasteiger partial charge in [-0.15, -0.1) is 0 Å². The Kier molecular flexibility index (Phi) is 10.2. The molecule has 0 aromatic heterocycles. The van der Waals surface area contributed by atoms with Crippen molar-refractivity contribution < 1.29 is 32.1 Å². The summed E-state index contributed by atoms with van der Waals surface area (Å²) in [5.41, 5.74) is 1.66. The van der Waals surface area contributed by atoms with Gasteiger partial charge in [0.2, 0.25) is 0 Å². The van der Waals surface area contributed by atoms with Crippen LogP contribution < -0.4 is 0 Å². The first kappa shape index (κ1) is 28.5. The molecule has 1 fully saturated rings. The zero-order valence-corrected chi connectivity index (χ0v) is 23.1. The van der Waals surface area contributed by atoms with Gasteiger partial charge in [-0.25, -0.2) is 0 Å². The van der Waals surface area contributed by atoms with E-state index in [1.807, 2.05) is 48.5 Å². The van der Waals surface area contributed by atoms with E-state index in [2.05, 4.69) is 0 Å². The molecule has 0 bridgehead atoms. The van der Waals surface area contributed by atoms with Crippen molar-refractivity contribution in [2.45, 2.75) is 51.8 Å². The molecular formula is C24H34ClNO7P2. The topological polar surface area (TPSA) is 83.5 Å². The third-order valence-corrected chi connectivity index (χ3v) is 12.0. The second-order valence-corrected chi connectivity index (χ2v) is 13.0. The van der Waals surface area contributed by atoms with E-state index in [4.69, 9.17) is 34.5 Å². The Morgan fingerprint density at radius 1 is 0.857 bits per heavy atom. The fourth-order valence-corrected chi connectivity index (χ4v) is 9.86. The molecule has 0 spiro atoms. The molecule has 2 aromatic carbocycles. The van der Waals surface area contributed by atoms with Gasteiger partial charge in [-0.05, 0) is 44.9 Å². The normalized spacial score (nSPS) is 18.7. The van der Waals surface area contributed by atoms with E-state index < -0.39 is 26.3 Å². The molecule has 2 aromatic rings. The molecule has 1 aliphatic rings. The maximum atomic E-state index is 14.4. The second kappa shape index (κ2) is 12.5. The largest absolute Gasteiger partial charge is 0.376 e. The predicted molar refractivity (Wildman–Crippen MR) is 136 cm³/mol. The Morgan fingerprint density at radius 2 is 1.34 bits per heavy atom. The highest BCUT2D eigenvalue weighted by molar-refractivity contribution is 7.74. The van der Waals surface area contributed by atoms with Crippen LogP contribution in [0.3, 0.4) is 0 Å². The maximum Gasteiger partial charge on any atom is 0.376 e. The van der Waals surface area contributed by atoms with Crippen molar-refractivity contribution in [3.05, 3.63) is 70.7 Å². The Balaban J connectivity index is 2.23. The minimum atomic E-state index is -4.21. The van der Waals surface area contributed by atoms with Gasteiger partial charge in [0.05, 0.1) is 32.5 Å². The molecule has 0 aliphatic carbocycles. The van der Waals surface area contributed by atoms with Crippen molar-refractivity contribution in [3.8, 4) is 0 Å². The first-order chi connectivity index (χ1) is 16.8. The number of benzene rings is 2. The van der Waals surface area contributed by atoms with Crippen molar-refractivity contribution in [3.63, 3.8) is 0 Å². The Hall–Kier alpha value is -1.05. The van der Waals surface area contributed by atoms with Gasteiger partial charge in [0.25, 0.3) is 5.08 Å². The molecule has 0 amide bonds. The summed E-state index contributed by atoms with van der Waals surface area (Å²) in [6.45, 7) is 7.26. The lowest BCUT2D eigenvalue weighted by molar-refractivity contribution is -0.174. The van der Waals surface area contributed by atoms with Crippen LogP contribution in [0.1, 0.15) is 51.3 Å². The average molecular weight is 546 g/mol. The van der Waals surface area contributed by atoms with E-state index in [-0.39, 0.29) is 32.8 Å². The zero-order valence-electron chi connectivity index (χ0n) is 20.6. The lowest BCUT2D eigenvalue weighted by Gasteiger charge is -2.38. The summed E-state index contributed by atoms with van der Waals surface area (Å²) >= 11 is 6.59. The van der Waals surface area contributed by atoms with Gasteiger partial charge in [0.15, 0.2) is 0 Å². The van der Waals surface area contributed by atoms with Crippen LogP contribution in [0, 0.1) is 0 Å². The van der Waals surface area contributed by atoms with Gasteiger partial charge in [0, 0.05) is 18.0 Å². The molecule has 1 aliphatic heterocycles. The Morgan fingerprint density at radius 3 is 1.83 bits per heavy atom. The Labute approximate surface area is 212 Å². The van der Waals surface area contributed by atoms with E-state index >= 15 is 0 Å². The molecule has 1 atom stereocenters. The van der Waals surface area contributed by atoms with Crippen LogP contribution >= 0.6 is 26.8 Å². The van der Waals surface area contributed by atoms with Crippen molar-refractivity contribution in [2.75, 3.05) is 26.4 Å². The summed E-state index contributed by atoms with van der Waals surface area (Å²) < 4.78 is 51.8. The average Bonchev–Trinajstić information content (AvgIpc) is 3.22. The van der Waals surface area contributed by atoms with Crippen LogP contribution in [0.2, 0.25) is 5.02 Å². The number of hydroxylamine groups is 2. The highest BCUT2D eigenvalue weighted by atomic mass is 35.5. The number of hydrogen-bond donors (Lipinski definition) is 0.